The molecule has 0 radical (unpaired) electrons. The lowest BCUT2D eigenvalue weighted by molar-refractivity contribution is -0.153. The van der Waals surface area contributed by atoms with Gasteiger partial charge in [0.2, 0.25) is 0 Å². The highest BCUT2D eigenvalue weighted by atomic mass is 16.5. The molecule has 25 heavy (non-hydrogen) atoms. The zero-order chi connectivity index (χ0) is 18.2. The number of pyridine rings is 1. The predicted molar refractivity (Wildman–Crippen MR) is 95.8 cm³/mol. The minimum atomic E-state index is -1.56. The van der Waals surface area contributed by atoms with E-state index in [1.54, 1.807) is 18.2 Å². The Hall–Kier alpha value is -2.64. The Morgan fingerprint density at radius 1 is 1.44 bits per heavy atom. The first-order chi connectivity index (χ1) is 11.9. The number of anilines is 2. The summed E-state index contributed by atoms with van der Waals surface area (Å²) < 4.78 is 5.95. The van der Waals surface area contributed by atoms with Crippen molar-refractivity contribution in [2.75, 3.05) is 18.1 Å². The van der Waals surface area contributed by atoms with E-state index < -0.39 is 17.7 Å². The van der Waals surface area contributed by atoms with Crippen LogP contribution < -0.4 is 11.5 Å². The van der Waals surface area contributed by atoms with Gasteiger partial charge in [-0.1, -0.05) is 6.08 Å². The first kappa shape index (κ1) is 17.2. The number of hydrogen-bond acceptors (Lipinski definition) is 6. The van der Waals surface area contributed by atoms with Crippen LogP contribution in [0.2, 0.25) is 0 Å². The maximum absolute atomic E-state index is 11.2. The lowest BCUT2D eigenvalue weighted by Gasteiger charge is -2.38. The molecule has 1 aromatic carbocycles. The minimum Gasteiger partial charge on any atom is -0.479 e. The van der Waals surface area contributed by atoms with Crippen LogP contribution in [0.5, 0.6) is 0 Å². The lowest BCUT2D eigenvalue weighted by Crippen LogP contribution is -2.39. The molecule has 0 saturated carbocycles. The molecule has 6 N–H and O–H groups in total. The summed E-state index contributed by atoms with van der Waals surface area (Å²) in [6.07, 6.45) is 2.42. The number of benzene rings is 1. The summed E-state index contributed by atoms with van der Waals surface area (Å²) in [6, 6.07) is 5.26. The number of aliphatic hydroxyl groups excluding tert-OH is 1. The summed E-state index contributed by atoms with van der Waals surface area (Å²) in [5.74, 6) is -1.30. The van der Waals surface area contributed by atoms with Crippen LogP contribution in [0.4, 0.5) is 11.4 Å². The van der Waals surface area contributed by atoms with Crippen molar-refractivity contribution in [1.82, 2.24) is 4.98 Å². The molecule has 0 bridgehead atoms. The second-order valence-corrected chi connectivity index (χ2v) is 6.15. The average Bonchev–Trinajstić information content (AvgIpc) is 2.54. The molecule has 0 saturated heterocycles. The van der Waals surface area contributed by atoms with E-state index in [4.69, 9.17) is 21.3 Å². The third-order valence-electron chi connectivity index (χ3n) is 4.49. The molecule has 1 aliphatic rings. The van der Waals surface area contributed by atoms with Crippen LogP contribution in [0.1, 0.15) is 31.0 Å². The molecule has 1 heterocycles. The molecule has 0 aliphatic heterocycles. The van der Waals surface area contributed by atoms with E-state index in [1.807, 2.05) is 19.1 Å². The van der Waals surface area contributed by atoms with E-state index in [9.17, 15) is 9.90 Å². The number of fused-ring (bicyclic) bond motifs is 2. The maximum Gasteiger partial charge on any atom is 0.332 e. The van der Waals surface area contributed by atoms with E-state index in [2.05, 4.69) is 4.98 Å². The van der Waals surface area contributed by atoms with Gasteiger partial charge in [-0.25, -0.2) is 9.78 Å². The smallest absolute Gasteiger partial charge is 0.332 e. The molecule has 2 aromatic rings. The number of rotatable bonds is 5. The second kappa shape index (κ2) is 6.34. The molecule has 0 fully saturated rings. The Balaban J connectivity index is 2.23. The summed E-state index contributed by atoms with van der Waals surface area (Å²) in [5, 5.41) is 19.8. The Kier molecular flexibility index (Phi) is 4.36. The first-order valence-electron chi connectivity index (χ1n) is 8.08. The molecule has 7 nitrogen and oxygen atoms in total. The molecule has 2 unspecified atom stereocenters. The number of carboxylic acids is 1. The van der Waals surface area contributed by atoms with E-state index >= 15 is 0 Å². The molecule has 0 amide bonds. The molecular weight excluding hydrogens is 322 g/mol. The predicted octanol–water partition coefficient (Wildman–Crippen LogP) is 1.88. The quantitative estimate of drug-likeness (QED) is 0.609. The minimum absolute atomic E-state index is 0.111. The maximum atomic E-state index is 11.2. The third-order valence-corrected chi connectivity index (χ3v) is 4.49. The van der Waals surface area contributed by atoms with Gasteiger partial charge in [0.25, 0.3) is 0 Å². The zero-order valence-electron chi connectivity index (χ0n) is 13.9. The van der Waals surface area contributed by atoms with Gasteiger partial charge in [0.15, 0.2) is 6.10 Å². The third kappa shape index (κ3) is 2.92. The standard InChI is InChI=1S/C18H21N3O4/c1-2-25-18(9-14(22)17(23)24)7-3-4-12-15(18)16(20)11-6-5-10(19)8-13(11)21-12/h3-6,8,14,22H,2,7,9,19H2,1H3,(H2,20,21)(H,23,24). The molecule has 1 aliphatic carbocycles. The highest BCUT2D eigenvalue weighted by Gasteiger charge is 2.42. The van der Waals surface area contributed by atoms with E-state index in [0.717, 1.165) is 5.39 Å². The number of ether oxygens (including phenoxy) is 1. The van der Waals surface area contributed by atoms with Crippen molar-refractivity contribution in [3.05, 3.63) is 35.5 Å². The molecule has 132 valence electrons. The number of carbonyl (C=O) groups is 1. The van der Waals surface area contributed by atoms with Crippen LogP contribution in [0.3, 0.4) is 0 Å². The van der Waals surface area contributed by atoms with E-state index in [1.165, 1.54) is 0 Å². The normalized spacial score (nSPS) is 20.4. The van der Waals surface area contributed by atoms with Gasteiger partial charge in [-0.15, -0.1) is 0 Å². The number of nitrogens with two attached hydrogens (primary N) is 2. The van der Waals surface area contributed by atoms with Crippen LogP contribution in [0.15, 0.2) is 24.3 Å². The second-order valence-electron chi connectivity index (χ2n) is 6.15. The number of aliphatic hydroxyl groups is 1. The van der Waals surface area contributed by atoms with Gasteiger partial charge in [0.1, 0.15) is 5.60 Å². The number of aromatic nitrogens is 1. The summed E-state index contributed by atoms with van der Waals surface area (Å²) in [7, 11) is 0. The van der Waals surface area contributed by atoms with Gasteiger partial charge in [0, 0.05) is 35.4 Å². The summed E-state index contributed by atoms with van der Waals surface area (Å²) in [4.78, 5) is 15.8. The molecular formula is C18H21N3O4. The van der Waals surface area contributed by atoms with Crippen molar-refractivity contribution in [2.24, 2.45) is 0 Å². The number of hydrogen-bond donors (Lipinski definition) is 4. The summed E-state index contributed by atoms with van der Waals surface area (Å²) in [5.41, 5.74) is 14.1. The highest BCUT2D eigenvalue weighted by molar-refractivity contribution is 5.95. The Morgan fingerprint density at radius 3 is 2.88 bits per heavy atom. The van der Waals surface area contributed by atoms with Crippen molar-refractivity contribution >= 4 is 34.3 Å². The van der Waals surface area contributed by atoms with Gasteiger partial charge in [0.05, 0.1) is 11.2 Å². The van der Waals surface area contributed by atoms with Crippen LogP contribution in [0, 0.1) is 0 Å². The van der Waals surface area contributed by atoms with E-state index in [-0.39, 0.29) is 6.42 Å². The molecule has 2 atom stereocenters. The van der Waals surface area contributed by atoms with Gasteiger partial charge >= 0.3 is 5.97 Å². The molecule has 1 aromatic heterocycles. The van der Waals surface area contributed by atoms with Crippen molar-refractivity contribution in [1.29, 1.82) is 0 Å². The fourth-order valence-corrected chi connectivity index (χ4v) is 3.44. The van der Waals surface area contributed by atoms with Gasteiger partial charge < -0.3 is 26.4 Å². The number of nitrogen functional groups attached to an aromatic ring is 2. The van der Waals surface area contributed by atoms with Crippen LogP contribution in [-0.4, -0.2) is 33.9 Å². The van der Waals surface area contributed by atoms with Crippen molar-refractivity contribution < 1.29 is 19.7 Å². The van der Waals surface area contributed by atoms with Crippen LogP contribution in [-0.2, 0) is 15.1 Å². The van der Waals surface area contributed by atoms with Crippen LogP contribution in [0.25, 0.3) is 17.0 Å². The van der Waals surface area contributed by atoms with Crippen molar-refractivity contribution in [2.45, 2.75) is 31.5 Å². The lowest BCUT2D eigenvalue weighted by atomic mass is 9.79. The van der Waals surface area contributed by atoms with E-state index in [0.29, 0.717) is 41.2 Å². The van der Waals surface area contributed by atoms with Crippen molar-refractivity contribution in [3.63, 3.8) is 0 Å². The largest absolute Gasteiger partial charge is 0.479 e. The first-order valence-corrected chi connectivity index (χ1v) is 8.08. The zero-order valence-corrected chi connectivity index (χ0v) is 13.9. The molecule has 3 rings (SSSR count). The molecule has 0 spiro atoms. The SMILES string of the molecule is CCOC1(CC(O)C(=O)O)CC=Cc2nc3cc(N)ccc3c(N)c21. The molecule has 7 heteroatoms. The fraction of sp³-hybridized carbons (Fsp3) is 0.333. The number of aliphatic carboxylic acids is 1. The van der Waals surface area contributed by atoms with Crippen LogP contribution >= 0.6 is 0 Å². The van der Waals surface area contributed by atoms with Gasteiger partial charge in [-0.2, -0.15) is 0 Å². The van der Waals surface area contributed by atoms with Gasteiger partial charge in [-0.05, 0) is 37.6 Å². The monoisotopic (exact) mass is 343 g/mol. The summed E-state index contributed by atoms with van der Waals surface area (Å²) in [6.45, 7) is 2.16. The average molecular weight is 343 g/mol. The van der Waals surface area contributed by atoms with Crippen molar-refractivity contribution in [3.8, 4) is 0 Å². The number of nitrogens with zero attached hydrogens (tertiary/aromatic N) is 1. The fourth-order valence-electron chi connectivity index (χ4n) is 3.44. The Labute approximate surface area is 144 Å². The highest BCUT2D eigenvalue weighted by Crippen LogP contribution is 2.45. The summed E-state index contributed by atoms with van der Waals surface area (Å²) >= 11 is 0. The topological polar surface area (TPSA) is 132 Å². The Bertz CT molecular complexity index is 865. The Morgan fingerprint density at radius 2 is 2.20 bits per heavy atom. The van der Waals surface area contributed by atoms with Gasteiger partial charge in [-0.3, -0.25) is 0 Å². The number of carboxylic acid groups (broad SMARTS) is 1.